The fourth-order valence-electron chi connectivity index (χ4n) is 2.26. The second kappa shape index (κ2) is 6.89. The Bertz CT molecular complexity index is 210. The molecule has 1 rings (SSSR count). The highest BCUT2D eigenvalue weighted by Crippen LogP contribution is 2.30. The maximum Gasteiger partial charge on any atom is 0.236 e. The minimum Gasteiger partial charge on any atom is -0.342 e. The van der Waals surface area contributed by atoms with Crippen LogP contribution >= 0.6 is 0 Å². The fourth-order valence-corrected chi connectivity index (χ4v) is 2.26. The Morgan fingerprint density at radius 3 is 2.44 bits per heavy atom. The normalized spacial score (nSPS) is 17.9. The molecule has 3 heteroatoms. The molecule has 0 radical (unpaired) electrons. The third-order valence-corrected chi connectivity index (χ3v) is 3.63. The number of rotatable bonds is 7. The molecule has 0 aromatic rings. The maximum atomic E-state index is 11.7. The number of nitrogens with one attached hydrogen (secondary N) is 1. The van der Waals surface area contributed by atoms with Crippen LogP contribution < -0.4 is 5.32 Å². The summed E-state index contributed by atoms with van der Waals surface area (Å²) in [6.07, 6.45) is 5.40. The molecule has 1 unspecified atom stereocenters. The van der Waals surface area contributed by atoms with Crippen molar-refractivity contribution in [2.45, 2.75) is 52.5 Å². The largest absolute Gasteiger partial charge is 0.342 e. The zero-order chi connectivity index (χ0) is 12.0. The molecule has 0 aromatic carbocycles. The molecule has 0 heterocycles. The minimum atomic E-state index is 0.227. The molecule has 0 spiro atoms. The van der Waals surface area contributed by atoms with Gasteiger partial charge in [0.15, 0.2) is 0 Å². The predicted molar refractivity (Wildman–Crippen MR) is 67.4 cm³/mol. The quantitative estimate of drug-likeness (QED) is 0.720. The van der Waals surface area contributed by atoms with Crippen molar-refractivity contribution in [2.75, 3.05) is 19.6 Å². The molecule has 0 saturated heterocycles. The lowest BCUT2D eigenvalue weighted by Gasteiger charge is -2.29. The van der Waals surface area contributed by atoms with Gasteiger partial charge >= 0.3 is 0 Å². The zero-order valence-electron chi connectivity index (χ0n) is 11.0. The van der Waals surface area contributed by atoms with Crippen LogP contribution in [0.5, 0.6) is 0 Å². The van der Waals surface area contributed by atoms with Gasteiger partial charge in [-0.2, -0.15) is 0 Å². The van der Waals surface area contributed by atoms with E-state index in [2.05, 4.69) is 12.2 Å². The minimum absolute atomic E-state index is 0.227. The molecule has 3 nitrogen and oxygen atoms in total. The highest BCUT2D eigenvalue weighted by Gasteiger charge is 2.20. The summed E-state index contributed by atoms with van der Waals surface area (Å²) < 4.78 is 0. The van der Waals surface area contributed by atoms with Crippen molar-refractivity contribution >= 4 is 5.91 Å². The van der Waals surface area contributed by atoms with Crippen LogP contribution in [-0.4, -0.2) is 36.5 Å². The van der Waals surface area contributed by atoms with E-state index in [1.54, 1.807) is 0 Å². The third kappa shape index (κ3) is 4.12. The Morgan fingerprint density at radius 1 is 1.38 bits per heavy atom. The van der Waals surface area contributed by atoms with Crippen molar-refractivity contribution < 1.29 is 4.79 Å². The first-order chi connectivity index (χ1) is 7.67. The monoisotopic (exact) mass is 226 g/mol. The van der Waals surface area contributed by atoms with Gasteiger partial charge in [0.05, 0.1) is 6.54 Å². The Kier molecular flexibility index (Phi) is 5.81. The van der Waals surface area contributed by atoms with E-state index < -0.39 is 0 Å². The van der Waals surface area contributed by atoms with Gasteiger partial charge in [-0.3, -0.25) is 4.79 Å². The standard InChI is InChI=1S/C13H26N2O/c1-4-15(5-2)13(16)10-14-11(3)9-12-7-6-8-12/h11-12,14H,4-10H2,1-3H3. The molecule has 0 aliphatic heterocycles. The summed E-state index contributed by atoms with van der Waals surface area (Å²) in [6.45, 7) is 8.36. The molecular weight excluding hydrogens is 200 g/mol. The molecule has 1 aliphatic rings. The highest BCUT2D eigenvalue weighted by atomic mass is 16.2. The van der Waals surface area contributed by atoms with E-state index in [1.807, 2.05) is 18.7 Å². The molecule has 1 fully saturated rings. The average molecular weight is 226 g/mol. The van der Waals surface area contributed by atoms with Crippen molar-refractivity contribution in [1.29, 1.82) is 0 Å². The van der Waals surface area contributed by atoms with Crippen LogP contribution in [0.1, 0.15) is 46.5 Å². The number of likely N-dealkylation sites (N-methyl/N-ethyl adjacent to an activating group) is 1. The van der Waals surface area contributed by atoms with Gasteiger partial charge in [-0.25, -0.2) is 0 Å². The molecule has 1 atom stereocenters. The van der Waals surface area contributed by atoms with Crippen molar-refractivity contribution in [3.05, 3.63) is 0 Å². The number of hydrogen-bond donors (Lipinski definition) is 1. The summed E-state index contributed by atoms with van der Waals surface area (Å²) in [5.74, 6) is 1.14. The predicted octanol–water partition coefficient (Wildman–Crippen LogP) is 2.02. The lowest BCUT2D eigenvalue weighted by Crippen LogP contribution is -2.41. The van der Waals surface area contributed by atoms with Crippen LogP contribution in [0.3, 0.4) is 0 Å². The average Bonchev–Trinajstić information content (AvgIpc) is 2.22. The summed E-state index contributed by atoms with van der Waals surface area (Å²) in [5, 5.41) is 3.34. The van der Waals surface area contributed by atoms with E-state index in [1.165, 1.54) is 25.7 Å². The van der Waals surface area contributed by atoms with Crippen LogP contribution in [0.4, 0.5) is 0 Å². The topological polar surface area (TPSA) is 32.3 Å². The van der Waals surface area contributed by atoms with Crippen LogP contribution in [0.15, 0.2) is 0 Å². The van der Waals surface area contributed by atoms with E-state index in [0.29, 0.717) is 12.6 Å². The molecule has 0 aromatic heterocycles. The van der Waals surface area contributed by atoms with Gasteiger partial charge in [0.2, 0.25) is 5.91 Å². The zero-order valence-corrected chi connectivity index (χ0v) is 11.0. The summed E-state index contributed by atoms with van der Waals surface area (Å²) >= 11 is 0. The van der Waals surface area contributed by atoms with Gasteiger partial charge in [-0.1, -0.05) is 19.3 Å². The van der Waals surface area contributed by atoms with Crippen LogP contribution in [0.2, 0.25) is 0 Å². The first kappa shape index (κ1) is 13.5. The Balaban J connectivity index is 2.14. The highest BCUT2D eigenvalue weighted by molar-refractivity contribution is 5.78. The molecule has 16 heavy (non-hydrogen) atoms. The van der Waals surface area contributed by atoms with Crippen molar-refractivity contribution in [3.8, 4) is 0 Å². The Labute approximate surface area is 99.6 Å². The van der Waals surface area contributed by atoms with Gasteiger partial charge in [0.25, 0.3) is 0 Å². The van der Waals surface area contributed by atoms with E-state index in [0.717, 1.165) is 19.0 Å². The summed E-state index contributed by atoms with van der Waals surface area (Å²) in [4.78, 5) is 13.6. The van der Waals surface area contributed by atoms with Crippen molar-refractivity contribution in [1.82, 2.24) is 10.2 Å². The molecule has 1 aliphatic carbocycles. The lowest BCUT2D eigenvalue weighted by molar-refractivity contribution is -0.130. The van der Waals surface area contributed by atoms with Gasteiger partial charge in [0.1, 0.15) is 0 Å². The van der Waals surface area contributed by atoms with E-state index in [9.17, 15) is 4.79 Å². The second-order valence-electron chi connectivity index (χ2n) is 4.88. The van der Waals surface area contributed by atoms with Gasteiger partial charge in [-0.15, -0.1) is 0 Å². The second-order valence-corrected chi connectivity index (χ2v) is 4.88. The number of hydrogen-bond acceptors (Lipinski definition) is 2. The Hall–Kier alpha value is -0.570. The fraction of sp³-hybridized carbons (Fsp3) is 0.923. The van der Waals surface area contributed by atoms with Crippen molar-refractivity contribution in [2.24, 2.45) is 5.92 Å². The molecule has 1 saturated carbocycles. The maximum absolute atomic E-state index is 11.7. The van der Waals surface area contributed by atoms with Crippen molar-refractivity contribution in [3.63, 3.8) is 0 Å². The first-order valence-electron chi connectivity index (χ1n) is 6.68. The lowest BCUT2D eigenvalue weighted by atomic mass is 9.81. The SMILES string of the molecule is CCN(CC)C(=O)CNC(C)CC1CCC1. The van der Waals surface area contributed by atoms with E-state index in [-0.39, 0.29) is 5.91 Å². The van der Waals surface area contributed by atoms with Gasteiger partial charge in [-0.05, 0) is 33.1 Å². The number of nitrogens with zero attached hydrogens (tertiary/aromatic N) is 1. The van der Waals surface area contributed by atoms with Gasteiger partial charge in [0, 0.05) is 19.1 Å². The number of amides is 1. The molecular formula is C13H26N2O. The third-order valence-electron chi connectivity index (χ3n) is 3.63. The van der Waals surface area contributed by atoms with Crippen LogP contribution in [0, 0.1) is 5.92 Å². The van der Waals surface area contributed by atoms with Crippen LogP contribution in [0.25, 0.3) is 0 Å². The first-order valence-corrected chi connectivity index (χ1v) is 6.68. The van der Waals surface area contributed by atoms with Crippen LogP contribution in [-0.2, 0) is 4.79 Å². The molecule has 1 amide bonds. The summed E-state index contributed by atoms with van der Waals surface area (Å²) in [5.41, 5.74) is 0. The van der Waals surface area contributed by atoms with Gasteiger partial charge < -0.3 is 10.2 Å². The smallest absolute Gasteiger partial charge is 0.236 e. The number of carbonyl (C=O) groups excluding carboxylic acids is 1. The molecule has 94 valence electrons. The number of carbonyl (C=O) groups is 1. The Morgan fingerprint density at radius 2 is 2.00 bits per heavy atom. The summed E-state index contributed by atoms with van der Waals surface area (Å²) in [7, 11) is 0. The molecule has 0 bridgehead atoms. The van der Waals surface area contributed by atoms with E-state index in [4.69, 9.17) is 0 Å². The summed E-state index contributed by atoms with van der Waals surface area (Å²) in [6, 6.07) is 0.477. The van der Waals surface area contributed by atoms with E-state index >= 15 is 0 Å². The molecule has 1 N–H and O–H groups in total.